The smallest absolute Gasteiger partial charge is 0.191 e. The van der Waals surface area contributed by atoms with Crippen molar-refractivity contribution in [1.82, 2.24) is 15.5 Å². The summed E-state index contributed by atoms with van der Waals surface area (Å²) >= 11 is 0. The molecule has 0 aromatic carbocycles. The number of morpholine rings is 1. The summed E-state index contributed by atoms with van der Waals surface area (Å²) in [7, 11) is 0. The monoisotopic (exact) mass is 426 g/mol. The van der Waals surface area contributed by atoms with Crippen molar-refractivity contribution in [2.45, 2.75) is 53.2 Å². The molecule has 0 aromatic heterocycles. The molecule has 0 bridgehead atoms. The van der Waals surface area contributed by atoms with E-state index in [1.807, 2.05) is 0 Å². The zero-order chi connectivity index (χ0) is 15.7. The fraction of sp³-hybridized carbons (Fsp3) is 0.938. The summed E-state index contributed by atoms with van der Waals surface area (Å²) in [6, 6.07) is 0.438. The maximum absolute atomic E-state index is 5.85. The summed E-state index contributed by atoms with van der Waals surface area (Å²) in [5, 5.41) is 6.72. The highest BCUT2D eigenvalue weighted by molar-refractivity contribution is 14.0. The lowest BCUT2D eigenvalue weighted by atomic mass is 10.2. The minimum atomic E-state index is 0. The fourth-order valence-electron chi connectivity index (χ4n) is 2.42. The molecule has 0 aliphatic carbocycles. The van der Waals surface area contributed by atoms with Crippen molar-refractivity contribution in [3.8, 4) is 0 Å². The maximum Gasteiger partial charge on any atom is 0.191 e. The van der Waals surface area contributed by atoms with Gasteiger partial charge in [0.2, 0.25) is 0 Å². The number of hydrogen-bond donors (Lipinski definition) is 2. The van der Waals surface area contributed by atoms with Crippen LogP contribution in [0.5, 0.6) is 0 Å². The minimum absolute atomic E-state index is 0. The SMILES string of the molecule is CCNC(=NCC1CN(CC(C)C)CCO1)NC(C)CC.I. The highest BCUT2D eigenvalue weighted by Crippen LogP contribution is 2.08. The third-order valence-corrected chi connectivity index (χ3v) is 3.64. The van der Waals surface area contributed by atoms with Crippen molar-refractivity contribution >= 4 is 29.9 Å². The van der Waals surface area contributed by atoms with Crippen molar-refractivity contribution in [3.05, 3.63) is 0 Å². The van der Waals surface area contributed by atoms with E-state index in [0.29, 0.717) is 12.0 Å². The molecule has 0 spiro atoms. The van der Waals surface area contributed by atoms with E-state index in [2.05, 4.69) is 55.1 Å². The average molecular weight is 426 g/mol. The molecule has 22 heavy (non-hydrogen) atoms. The normalized spacial score (nSPS) is 21.4. The van der Waals surface area contributed by atoms with Gasteiger partial charge in [0, 0.05) is 32.2 Å². The Labute approximate surface area is 153 Å². The van der Waals surface area contributed by atoms with Crippen LogP contribution >= 0.6 is 24.0 Å². The summed E-state index contributed by atoms with van der Waals surface area (Å²) in [5.74, 6) is 1.60. The third kappa shape index (κ3) is 9.15. The van der Waals surface area contributed by atoms with Gasteiger partial charge in [0.1, 0.15) is 0 Å². The van der Waals surface area contributed by atoms with E-state index in [1.54, 1.807) is 0 Å². The highest BCUT2D eigenvalue weighted by atomic mass is 127. The largest absolute Gasteiger partial charge is 0.374 e. The third-order valence-electron chi connectivity index (χ3n) is 3.64. The number of rotatable bonds is 7. The number of hydrogen-bond acceptors (Lipinski definition) is 3. The van der Waals surface area contributed by atoms with Crippen LogP contribution in [0.3, 0.4) is 0 Å². The molecule has 1 rings (SSSR count). The molecule has 0 amide bonds. The lowest BCUT2D eigenvalue weighted by Gasteiger charge is -2.33. The van der Waals surface area contributed by atoms with Gasteiger partial charge in [0.15, 0.2) is 5.96 Å². The Kier molecular flexibility index (Phi) is 12.3. The van der Waals surface area contributed by atoms with Gasteiger partial charge in [-0.2, -0.15) is 0 Å². The lowest BCUT2D eigenvalue weighted by molar-refractivity contribution is -0.0262. The Bertz CT molecular complexity index is 313. The molecule has 1 aliphatic heterocycles. The molecule has 0 aromatic rings. The molecule has 0 saturated carbocycles. The van der Waals surface area contributed by atoms with E-state index in [4.69, 9.17) is 4.74 Å². The molecule has 2 unspecified atom stereocenters. The molecule has 2 N–H and O–H groups in total. The van der Waals surface area contributed by atoms with E-state index in [0.717, 1.165) is 51.7 Å². The Morgan fingerprint density at radius 1 is 1.32 bits per heavy atom. The van der Waals surface area contributed by atoms with E-state index in [1.165, 1.54) is 0 Å². The molecule has 0 radical (unpaired) electrons. The zero-order valence-electron chi connectivity index (χ0n) is 14.9. The van der Waals surface area contributed by atoms with Gasteiger partial charge in [0.05, 0.1) is 19.3 Å². The van der Waals surface area contributed by atoms with E-state index >= 15 is 0 Å². The maximum atomic E-state index is 5.85. The van der Waals surface area contributed by atoms with Crippen LogP contribution in [0.15, 0.2) is 4.99 Å². The molecule has 5 nitrogen and oxygen atoms in total. The van der Waals surface area contributed by atoms with Crippen molar-refractivity contribution in [3.63, 3.8) is 0 Å². The first-order chi connectivity index (χ1) is 10.0. The van der Waals surface area contributed by atoms with E-state index < -0.39 is 0 Å². The van der Waals surface area contributed by atoms with E-state index in [-0.39, 0.29) is 30.1 Å². The Morgan fingerprint density at radius 3 is 2.64 bits per heavy atom. The van der Waals surface area contributed by atoms with Crippen LogP contribution < -0.4 is 10.6 Å². The van der Waals surface area contributed by atoms with Gasteiger partial charge in [-0.3, -0.25) is 9.89 Å². The molecule has 1 fully saturated rings. The predicted octanol–water partition coefficient (Wildman–Crippen LogP) is 2.31. The predicted molar refractivity (Wildman–Crippen MR) is 105 cm³/mol. The average Bonchev–Trinajstić information content (AvgIpc) is 2.44. The summed E-state index contributed by atoms with van der Waals surface area (Å²) in [5.41, 5.74) is 0. The molecule has 1 saturated heterocycles. The second-order valence-corrected chi connectivity index (χ2v) is 6.32. The lowest BCUT2D eigenvalue weighted by Crippen LogP contribution is -2.46. The summed E-state index contributed by atoms with van der Waals surface area (Å²) in [4.78, 5) is 7.17. The molecule has 2 atom stereocenters. The first-order valence-corrected chi connectivity index (χ1v) is 8.43. The Morgan fingerprint density at radius 2 is 2.05 bits per heavy atom. The fourth-order valence-corrected chi connectivity index (χ4v) is 2.42. The quantitative estimate of drug-likeness (QED) is 0.373. The van der Waals surface area contributed by atoms with Gasteiger partial charge in [-0.25, -0.2) is 0 Å². The first-order valence-electron chi connectivity index (χ1n) is 8.43. The molecular weight excluding hydrogens is 391 g/mol. The van der Waals surface area contributed by atoms with Gasteiger partial charge in [-0.1, -0.05) is 20.8 Å². The second kappa shape index (κ2) is 12.4. The van der Waals surface area contributed by atoms with Crippen molar-refractivity contribution in [2.75, 3.05) is 39.3 Å². The van der Waals surface area contributed by atoms with Crippen LogP contribution in [0.1, 0.15) is 41.0 Å². The zero-order valence-corrected chi connectivity index (χ0v) is 17.2. The molecule has 1 heterocycles. The number of ether oxygens (including phenoxy) is 1. The number of nitrogens with one attached hydrogen (secondary N) is 2. The number of nitrogens with zero attached hydrogens (tertiary/aromatic N) is 2. The Balaban J connectivity index is 0.00000441. The van der Waals surface area contributed by atoms with E-state index in [9.17, 15) is 0 Å². The molecule has 1 aliphatic rings. The van der Waals surface area contributed by atoms with Crippen LogP contribution in [-0.4, -0.2) is 62.3 Å². The number of guanidine groups is 1. The minimum Gasteiger partial charge on any atom is -0.374 e. The van der Waals surface area contributed by atoms with Crippen LogP contribution in [0.4, 0.5) is 0 Å². The van der Waals surface area contributed by atoms with Crippen molar-refractivity contribution < 1.29 is 4.74 Å². The highest BCUT2D eigenvalue weighted by Gasteiger charge is 2.20. The van der Waals surface area contributed by atoms with Gasteiger partial charge >= 0.3 is 0 Å². The first kappa shape index (κ1) is 21.9. The van der Waals surface area contributed by atoms with Crippen LogP contribution in [0.2, 0.25) is 0 Å². The second-order valence-electron chi connectivity index (χ2n) is 6.32. The van der Waals surface area contributed by atoms with Gasteiger partial charge < -0.3 is 15.4 Å². The van der Waals surface area contributed by atoms with Gasteiger partial charge in [-0.15, -0.1) is 24.0 Å². The van der Waals surface area contributed by atoms with Gasteiger partial charge in [-0.05, 0) is 26.2 Å². The number of aliphatic imine (C=N–C) groups is 1. The molecular formula is C16H35IN4O. The number of halogens is 1. The van der Waals surface area contributed by atoms with Crippen LogP contribution in [-0.2, 0) is 4.74 Å². The van der Waals surface area contributed by atoms with Crippen LogP contribution in [0, 0.1) is 5.92 Å². The van der Waals surface area contributed by atoms with Crippen LogP contribution in [0.25, 0.3) is 0 Å². The molecule has 6 heteroatoms. The standard InChI is InChI=1S/C16H34N4O.HI/c1-6-14(5)19-16(17-7-2)18-10-15-12-20(8-9-21-15)11-13(3)4;/h13-15H,6-12H2,1-5H3,(H2,17,18,19);1H. The van der Waals surface area contributed by atoms with Crippen molar-refractivity contribution in [1.29, 1.82) is 0 Å². The molecule has 132 valence electrons. The summed E-state index contributed by atoms with van der Waals surface area (Å²) < 4.78 is 5.85. The topological polar surface area (TPSA) is 48.9 Å². The summed E-state index contributed by atoms with van der Waals surface area (Å²) in [6.45, 7) is 16.6. The van der Waals surface area contributed by atoms with Crippen molar-refractivity contribution in [2.24, 2.45) is 10.9 Å². The summed E-state index contributed by atoms with van der Waals surface area (Å²) in [6.07, 6.45) is 1.30. The van der Waals surface area contributed by atoms with Gasteiger partial charge in [0.25, 0.3) is 0 Å². The Hall–Kier alpha value is -0.0800.